The Morgan fingerprint density at radius 3 is 2.51 bits per heavy atom. The van der Waals surface area contributed by atoms with Crippen molar-refractivity contribution in [3.63, 3.8) is 0 Å². The van der Waals surface area contributed by atoms with Gasteiger partial charge in [-0.3, -0.25) is 4.90 Å². The van der Waals surface area contributed by atoms with Crippen molar-refractivity contribution in [3.05, 3.63) is 93.9 Å². The monoisotopic (exact) mass is 681 g/mol. The Bertz CT molecular complexity index is 1430. The minimum absolute atomic E-state index is 0. The van der Waals surface area contributed by atoms with E-state index in [4.69, 9.17) is 18.9 Å². The van der Waals surface area contributed by atoms with Crippen LogP contribution in [0.5, 0.6) is 17.2 Å². The van der Waals surface area contributed by atoms with Crippen molar-refractivity contribution < 1.29 is 65.7 Å². The average molecular weight is 681 g/mol. The Morgan fingerprint density at radius 1 is 1.05 bits per heavy atom. The summed E-state index contributed by atoms with van der Waals surface area (Å²) in [6, 6.07) is 10.2. The quantitative estimate of drug-likeness (QED) is 0.343. The van der Waals surface area contributed by atoms with Gasteiger partial charge < -0.3 is 47.7 Å². The van der Waals surface area contributed by atoms with Crippen LogP contribution < -0.4 is 43.1 Å². The number of rotatable bonds is 8. The van der Waals surface area contributed by atoms with Crippen LogP contribution in [-0.2, 0) is 22.3 Å². The maximum Gasteiger partial charge on any atom is 0.573 e. The Balaban J connectivity index is 0.00000337. The average Bonchev–Trinajstić information content (AvgIpc) is 3.39. The second-order valence-electron chi connectivity index (χ2n) is 10.2. The second kappa shape index (κ2) is 12.1. The molecule has 2 atom stereocenters. The van der Waals surface area contributed by atoms with Gasteiger partial charge in [0, 0.05) is 36.2 Å². The molecule has 0 aromatic heterocycles. The van der Waals surface area contributed by atoms with Crippen molar-refractivity contribution in [3.8, 4) is 17.2 Å². The molecule has 3 aliphatic heterocycles. The predicted molar refractivity (Wildman–Crippen MR) is 142 cm³/mol. The molecule has 0 saturated carbocycles. The lowest BCUT2D eigenvalue weighted by atomic mass is 9.80. The number of nitrogens with one attached hydrogen (secondary N) is 1. The van der Waals surface area contributed by atoms with Gasteiger partial charge in [-0.1, -0.05) is 31.6 Å². The number of allylic oxidation sites excluding steroid dienone is 3. The standard InChI is InChI=1S/C31H30F3NO5.HI/c1-3-4-13-37-30-25-17-35-12-11-20-15-27-28(39-18-38-27)16-23(20)29(35)24(22(25)9-10-26(30)36-2)14-19-5-7-21(8-6-19)40-31(32,33)34;/h5-10,15-17,30H,3-4,11-14,18H2,1-2H3;1H. The van der Waals surface area contributed by atoms with Crippen LogP contribution in [0.15, 0.2) is 77.2 Å². The first-order valence-electron chi connectivity index (χ1n) is 13.5. The summed E-state index contributed by atoms with van der Waals surface area (Å²) < 4.78 is 65.8. The van der Waals surface area contributed by atoms with Gasteiger partial charge in [-0.25, -0.2) is 0 Å². The van der Waals surface area contributed by atoms with E-state index in [1.807, 2.05) is 6.08 Å². The number of hydrogen-bond acceptors (Lipinski definition) is 5. The number of methoxy groups -OCH3 is 1. The minimum Gasteiger partial charge on any atom is -1.00 e. The van der Waals surface area contributed by atoms with E-state index in [0.29, 0.717) is 13.0 Å². The van der Waals surface area contributed by atoms with Crippen LogP contribution in [0.3, 0.4) is 0 Å². The summed E-state index contributed by atoms with van der Waals surface area (Å²) in [6.45, 7) is 3.78. The molecule has 0 fully saturated rings. The fraction of sp³-hybridized carbons (Fsp3) is 0.355. The molecule has 0 radical (unpaired) electrons. The van der Waals surface area contributed by atoms with Crippen LogP contribution in [0.25, 0.3) is 5.70 Å². The third-order valence-corrected chi connectivity index (χ3v) is 7.63. The Labute approximate surface area is 254 Å². The molecule has 10 heteroatoms. The smallest absolute Gasteiger partial charge is 0.573 e. The van der Waals surface area contributed by atoms with E-state index in [2.05, 4.69) is 36.1 Å². The number of alkyl halides is 3. The topological polar surface area (TPSA) is 50.6 Å². The van der Waals surface area contributed by atoms with Gasteiger partial charge >= 0.3 is 6.36 Å². The van der Waals surface area contributed by atoms with Gasteiger partial charge in [0.25, 0.3) is 0 Å². The fourth-order valence-corrected chi connectivity index (χ4v) is 5.78. The van der Waals surface area contributed by atoms with Gasteiger partial charge in [-0.05, 0) is 53.5 Å². The van der Waals surface area contributed by atoms with Crippen LogP contribution in [0.4, 0.5) is 13.2 Å². The molecule has 1 aliphatic carbocycles. The van der Waals surface area contributed by atoms with Gasteiger partial charge in [-0.2, -0.15) is 0 Å². The highest BCUT2D eigenvalue weighted by atomic mass is 127. The molecule has 41 heavy (non-hydrogen) atoms. The van der Waals surface area contributed by atoms with Gasteiger partial charge in [0.2, 0.25) is 6.79 Å². The lowest BCUT2D eigenvalue weighted by molar-refractivity contribution is -0.771. The van der Waals surface area contributed by atoms with Crippen molar-refractivity contribution in [1.82, 2.24) is 0 Å². The number of halogens is 4. The van der Waals surface area contributed by atoms with Gasteiger partial charge in [-0.15, -0.1) is 13.2 Å². The number of fused-ring (bicyclic) bond motifs is 5. The first-order chi connectivity index (χ1) is 19.3. The molecular weight excluding hydrogens is 650 g/mol. The highest BCUT2D eigenvalue weighted by Crippen LogP contribution is 2.43. The summed E-state index contributed by atoms with van der Waals surface area (Å²) in [5, 5.41) is 0. The lowest BCUT2D eigenvalue weighted by Crippen LogP contribution is -3.06. The molecule has 2 aromatic rings. The number of hydrogen-bond donors (Lipinski definition) is 1. The third kappa shape index (κ3) is 6.00. The molecule has 0 bridgehead atoms. The van der Waals surface area contributed by atoms with Crippen LogP contribution >= 0.6 is 0 Å². The van der Waals surface area contributed by atoms with Gasteiger partial charge in [0.1, 0.15) is 29.5 Å². The number of unbranched alkanes of at least 4 members (excludes halogenated alkanes) is 1. The molecule has 0 saturated heterocycles. The summed E-state index contributed by atoms with van der Waals surface area (Å²) in [4.78, 5) is 1.20. The van der Waals surface area contributed by atoms with Crippen LogP contribution in [0.2, 0.25) is 0 Å². The molecular formula is C31H31F3INO5. The van der Waals surface area contributed by atoms with E-state index in [9.17, 15) is 13.2 Å². The third-order valence-electron chi connectivity index (χ3n) is 7.63. The fourth-order valence-electron chi connectivity index (χ4n) is 5.78. The predicted octanol–water partition coefficient (Wildman–Crippen LogP) is 2.27. The molecule has 1 N–H and O–H groups in total. The van der Waals surface area contributed by atoms with Crippen molar-refractivity contribution in [2.24, 2.45) is 0 Å². The Hall–Kier alpha value is -2.96. The summed E-state index contributed by atoms with van der Waals surface area (Å²) >= 11 is 0. The van der Waals surface area contributed by atoms with E-state index in [0.717, 1.165) is 76.6 Å². The van der Waals surface area contributed by atoms with Gasteiger partial charge in [0.15, 0.2) is 11.5 Å². The van der Waals surface area contributed by atoms with Crippen molar-refractivity contribution >= 4 is 5.70 Å². The molecule has 0 spiro atoms. The Kier molecular flexibility index (Phi) is 8.72. The number of ether oxygens (including phenoxy) is 5. The van der Waals surface area contributed by atoms with Gasteiger partial charge in [0.05, 0.1) is 13.7 Å². The van der Waals surface area contributed by atoms with Crippen molar-refractivity contribution in [2.75, 3.05) is 27.1 Å². The van der Waals surface area contributed by atoms with E-state index < -0.39 is 6.36 Å². The largest absolute Gasteiger partial charge is 1.00 e. The first kappa shape index (κ1) is 29.5. The number of benzene rings is 2. The van der Waals surface area contributed by atoms with Crippen molar-refractivity contribution in [2.45, 2.75) is 45.1 Å². The minimum atomic E-state index is -4.73. The second-order valence-corrected chi connectivity index (χ2v) is 10.2. The molecule has 3 heterocycles. The van der Waals surface area contributed by atoms with E-state index in [-0.39, 0.29) is 42.6 Å². The maximum absolute atomic E-state index is 12.7. The van der Waals surface area contributed by atoms with Crippen LogP contribution in [0, 0.1) is 0 Å². The van der Waals surface area contributed by atoms with E-state index >= 15 is 0 Å². The van der Waals surface area contributed by atoms with Crippen LogP contribution in [0.1, 0.15) is 36.5 Å². The Morgan fingerprint density at radius 2 is 1.80 bits per heavy atom. The molecule has 6 rings (SSSR count). The summed E-state index contributed by atoms with van der Waals surface area (Å²) in [7, 11) is 1.66. The molecule has 0 amide bonds. The van der Waals surface area contributed by atoms with Crippen molar-refractivity contribution in [1.29, 1.82) is 0 Å². The molecule has 2 unspecified atom stereocenters. The zero-order valence-corrected chi connectivity index (χ0v) is 24.9. The summed E-state index contributed by atoms with van der Waals surface area (Å²) in [6.07, 6.45) is 4.53. The normalized spacial score (nSPS) is 20.6. The zero-order chi connectivity index (χ0) is 27.9. The molecule has 4 aliphatic rings. The maximum atomic E-state index is 12.7. The summed E-state index contributed by atoms with van der Waals surface area (Å²) in [5.74, 6) is 1.98. The molecule has 2 aromatic carbocycles. The lowest BCUT2D eigenvalue weighted by Gasteiger charge is -2.36. The first-order valence-corrected chi connectivity index (χ1v) is 13.5. The van der Waals surface area contributed by atoms with Crippen LogP contribution in [-0.4, -0.2) is 39.5 Å². The SMILES string of the molecule is CCCCOC1C(OC)=CC=C2C1=C[NH+]1CCc3cc4c(cc3C1=C2Cc1ccc(OC(F)(F)F)cc1)OCO4.[I-]. The number of quaternary nitrogens is 1. The van der Waals surface area contributed by atoms with E-state index in [1.54, 1.807) is 19.2 Å². The zero-order valence-electron chi connectivity index (χ0n) is 22.8. The summed E-state index contributed by atoms with van der Waals surface area (Å²) in [5.41, 5.74) is 7.47. The van der Waals surface area contributed by atoms with E-state index in [1.165, 1.54) is 22.6 Å². The molecule has 218 valence electrons. The highest BCUT2D eigenvalue weighted by Gasteiger charge is 2.40. The highest BCUT2D eigenvalue weighted by molar-refractivity contribution is 5.77. The molecule has 6 nitrogen and oxygen atoms in total.